The number of hydrogen-bond acceptors (Lipinski definition) is 1. The number of fused-ring (bicyclic) bond motifs is 5. The van der Waals surface area contributed by atoms with Crippen molar-refractivity contribution in [1.82, 2.24) is 0 Å². The van der Waals surface area contributed by atoms with Gasteiger partial charge in [-0.3, -0.25) is 0 Å². The molecule has 5 atom stereocenters. The molecule has 4 rings (SSSR count). The summed E-state index contributed by atoms with van der Waals surface area (Å²) in [6.07, 6.45) is 19.9. The molecule has 114 valence electrons. The third-order valence-electron chi connectivity index (χ3n) is 7.62. The molecule has 0 aromatic heterocycles. The van der Waals surface area contributed by atoms with E-state index in [4.69, 9.17) is 0 Å². The fourth-order valence-corrected chi connectivity index (χ4v) is 6.51. The Morgan fingerprint density at radius 1 is 1.19 bits per heavy atom. The fraction of sp³-hybridized carbons (Fsp3) is 0.750. The van der Waals surface area contributed by atoms with Gasteiger partial charge in [-0.1, -0.05) is 43.6 Å². The van der Waals surface area contributed by atoms with Crippen molar-refractivity contribution in [2.45, 2.75) is 64.7 Å². The number of carbonyl (C=O) groups excluding carboxylic acids is 1. The Labute approximate surface area is 128 Å². The zero-order valence-electron chi connectivity index (χ0n) is 13.3. The van der Waals surface area contributed by atoms with Gasteiger partial charge < -0.3 is 4.79 Å². The van der Waals surface area contributed by atoms with Crippen LogP contribution in [0, 0.1) is 28.6 Å². The lowest BCUT2D eigenvalue weighted by Crippen LogP contribution is -2.49. The molecule has 1 nitrogen and oxygen atoms in total. The molecule has 3 fully saturated rings. The van der Waals surface area contributed by atoms with Crippen LogP contribution >= 0.6 is 0 Å². The molecule has 0 amide bonds. The quantitative estimate of drug-likeness (QED) is 0.647. The summed E-state index contributed by atoms with van der Waals surface area (Å²) in [5.74, 6) is 2.61. The molecule has 0 bridgehead atoms. The molecule has 0 aromatic rings. The second-order valence-corrected chi connectivity index (χ2v) is 8.29. The van der Waals surface area contributed by atoms with E-state index in [9.17, 15) is 4.79 Å². The van der Waals surface area contributed by atoms with Crippen LogP contribution < -0.4 is 0 Å². The molecule has 4 aliphatic rings. The van der Waals surface area contributed by atoms with Crippen LogP contribution in [0.5, 0.6) is 0 Å². The van der Waals surface area contributed by atoms with Gasteiger partial charge in [-0.25, -0.2) is 0 Å². The van der Waals surface area contributed by atoms with Crippen molar-refractivity contribution in [3.63, 3.8) is 0 Å². The van der Waals surface area contributed by atoms with E-state index in [1.165, 1.54) is 51.4 Å². The largest absolute Gasteiger partial charge is 0.303 e. The van der Waals surface area contributed by atoms with E-state index >= 15 is 0 Å². The third kappa shape index (κ3) is 1.85. The summed E-state index contributed by atoms with van der Waals surface area (Å²) in [5, 5.41) is 0. The zero-order chi connectivity index (χ0) is 14.5. The lowest BCUT2D eigenvalue weighted by atomic mass is 9.46. The van der Waals surface area contributed by atoms with Gasteiger partial charge in [0.1, 0.15) is 6.29 Å². The van der Waals surface area contributed by atoms with Crippen molar-refractivity contribution >= 4 is 6.29 Å². The SMILES string of the molecule is C[C@]12CCCCC1CC[C@H]1C3=CC=C[C@@]3(CC=O)CC[C@@H]12. The van der Waals surface area contributed by atoms with Gasteiger partial charge in [0.25, 0.3) is 0 Å². The van der Waals surface area contributed by atoms with Gasteiger partial charge in [0.05, 0.1) is 0 Å². The van der Waals surface area contributed by atoms with Crippen LogP contribution in [0.15, 0.2) is 23.8 Å². The molecule has 1 unspecified atom stereocenters. The monoisotopic (exact) mass is 284 g/mol. The van der Waals surface area contributed by atoms with Gasteiger partial charge in [0.2, 0.25) is 0 Å². The van der Waals surface area contributed by atoms with Crippen LogP contribution in [-0.4, -0.2) is 6.29 Å². The van der Waals surface area contributed by atoms with Crippen LogP contribution in [0.2, 0.25) is 0 Å². The van der Waals surface area contributed by atoms with Gasteiger partial charge >= 0.3 is 0 Å². The first kappa shape index (κ1) is 13.8. The van der Waals surface area contributed by atoms with E-state index in [0.717, 1.165) is 24.0 Å². The zero-order valence-corrected chi connectivity index (χ0v) is 13.3. The smallest absolute Gasteiger partial charge is 0.121 e. The molecule has 21 heavy (non-hydrogen) atoms. The van der Waals surface area contributed by atoms with Crippen LogP contribution in [-0.2, 0) is 4.79 Å². The lowest BCUT2D eigenvalue weighted by molar-refractivity contribution is -0.110. The van der Waals surface area contributed by atoms with E-state index in [-0.39, 0.29) is 5.41 Å². The molecule has 0 N–H and O–H groups in total. The molecule has 4 aliphatic carbocycles. The Balaban J connectivity index is 1.67. The maximum Gasteiger partial charge on any atom is 0.121 e. The molecule has 0 heterocycles. The standard InChI is InChI=1S/C20H28O/c1-19-10-3-2-5-15(19)7-8-16-17(19)9-12-20(13-14-21)11-4-6-18(16)20/h4,6,11,14-17H,2-3,5,7-10,12-13H2,1H3/t15?,16-,17+,19+,20+/m1/s1. The first-order chi connectivity index (χ1) is 10.2. The third-order valence-corrected chi connectivity index (χ3v) is 7.62. The minimum atomic E-state index is 0.112. The van der Waals surface area contributed by atoms with Gasteiger partial charge in [-0.15, -0.1) is 0 Å². The van der Waals surface area contributed by atoms with Crippen molar-refractivity contribution in [3.8, 4) is 0 Å². The summed E-state index contributed by atoms with van der Waals surface area (Å²) in [4.78, 5) is 11.2. The lowest BCUT2D eigenvalue weighted by Gasteiger charge is -2.58. The van der Waals surface area contributed by atoms with Crippen molar-refractivity contribution in [2.24, 2.45) is 28.6 Å². The number of aldehydes is 1. The molecule has 0 aromatic carbocycles. The van der Waals surface area contributed by atoms with Crippen molar-refractivity contribution in [2.75, 3.05) is 0 Å². The molecule has 1 heteroatoms. The summed E-state index contributed by atoms with van der Waals surface area (Å²) in [6.45, 7) is 2.60. The van der Waals surface area contributed by atoms with Gasteiger partial charge in [0.15, 0.2) is 0 Å². The van der Waals surface area contributed by atoms with Crippen molar-refractivity contribution in [1.29, 1.82) is 0 Å². The van der Waals surface area contributed by atoms with E-state index in [2.05, 4.69) is 25.2 Å². The van der Waals surface area contributed by atoms with Crippen LogP contribution in [0.25, 0.3) is 0 Å². The maximum absolute atomic E-state index is 11.2. The maximum atomic E-state index is 11.2. The topological polar surface area (TPSA) is 17.1 Å². The predicted octanol–water partition coefficient (Wildman–Crippen LogP) is 5.07. The van der Waals surface area contributed by atoms with E-state index in [0.29, 0.717) is 11.8 Å². The van der Waals surface area contributed by atoms with E-state index < -0.39 is 0 Å². The Hall–Kier alpha value is -0.850. The normalized spacial score (nSPS) is 48.0. The summed E-state index contributed by atoms with van der Waals surface area (Å²) in [6, 6.07) is 0. The molecular weight excluding hydrogens is 256 g/mol. The Bertz CT molecular complexity index is 502. The molecule has 0 saturated heterocycles. The average Bonchev–Trinajstić information content (AvgIpc) is 2.91. The fourth-order valence-electron chi connectivity index (χ4n) is 6.51. The number of hydrogen-bond donors (Lipinski definition) is 0. The van der Waals surface area contributed by atoms with Gasteiger partial charge in [0, 0.05) is 11.8 Å². The predicted molar refractivity (Wildman–Crippen MR) is 85.9 cm³/mol. The molecule has 3 saturated carbocycles. The first-order valence-electron chi connectivity index (χ1n) is 9.03. The second kappa shape index (κ2) is 4.83. The highest BCUT2D eigenvalue weighted by Crippen LogP contribution is 2.64. The highest BCUT2D eigenvalue weighted by Gasteiger charge is 2.54. The Morgan fingerprint density at radius 3 is 2.95 bits per heavy atom. The highest BCUT2D eigenvalue weighted by atomic mass is 16.1. The van der Waals surface area contributed by atoms with E-state index in [1.807, 2.05) is 0 Å². The van der Waals surface area contributed by atoms with E-state index in [1.54, 1.807) is 5.57 Å². The first-order valence-corrected chi connectivity index (χ1v) is 9.03. The molecular formula is C20H28O. The minimum Gasteiger partial charge on any atom is -0.303 e. The average molecular weight is 284 g/mol. The van der Waals surface area contributed by atoms with Crippen molar-refractivity contribution < 1.29 is 4.79 Å². The number of rotatable bonds is 2. The molecule has 0 spiro atoms. The summed E-state index contributed by atoms with van der Waals surface area (Å²) in [5.41, 5.74) is 2.31. The van der Waals surface area contributed by atoms with Gasteiger partial charge in [-0.05, 0) is 61.7 Å². The number of carbonyl (C=O) groups is 1. The van der Waals surface area contributed by atoms with Crippen molar-refractivity contribution in [3.05, 3.63) is 23.8 Å². The summed E-state index contributed by atoms with van der Waals surface area (Å²) < 4.78 is 0. The Morgan fingerprint density at radius 2 is 2.10 bits per heavy atom. The molecule has 0 radical (unpaired) electrons. The van der Waals surface area contributed by atoms with Crippen LogP contribution in [0.3, 0.4) is 0 Å². The highest BCUT2D eigenvalue weighted by molar-refractivity contribution is 5.56. The Kier molecular flexibility index (Phi) is 3.17. The van der Waals surface area contributed by atoms with Crippen LogP contribution in [0.4, 0.5) is 0 Å². The van der Waals surface area contributed by atoms with Gasteiger partial charge in [-0.2, -0.15) is 0 Å². The summed E-state index contributed by atoms with van der Waals surface area (Å²) >= 11 is 0. The number of allylic oxidation sites excluding steroid dienone is 4. The summed E-state index contributed by atoms with van der Waals surface area (Å²) in [7, 11) is 0. The minimum absolute atomic E-state index is 0.112. The second-order valence-electron chi connectivity index (χ2n) is 8.29. The van der Waals surface area contributed by atoms with Crippen LogP contribution in [0.1, 0.15) is 64.7 Å². The molecule has 0 aliphatic heterocycles.